The Bertz CT molecular complexity index is 910. The highest BCUT2D eigenvalue weighted by molar-refractivity contribution is 5.90. The van der Waals surface area contributed by atoms with E-state index < -0.39 is 11.9 Å². The number of hydrogen-bond acceptors (Lipinski definition) is 3. The summed E-state index contributed by atoms with van der Waals surface area (Å²) in [4.78, 5) is 33.3. The minimum atomic E-state index is -1.00. The SMILES string of the molecule is O=Cc1cc(-c2ccc(C(=O)O)cc2)cc(-c2ccc(C(=O)O)cc2)c1. The third kappa shape index (κ3) is 3.52. The largest absolute Gasteiger partial charge is 0.478 e. The van der Waals surface area contributed by atoms with Gasteiger partial charge in [0.2, 0.25) is 0 Å². The highest BCUT2D eigenvalue weighted by atomic mass is 16.4. The van der Waals surface area contributed by atoms with E-state index in [0.717, 1.165) is 28.5 Å². The molecule has 0 aromatic heterocycles. The lowest BCUT2D eigenvalue weighted by atomic mass is 9.95. The number of carboxylic acids is 2. The fourth-order valence-corrected chi connectivity index (χ4v) is 2.66. The van der Waals surface area contributed by atoms with Crippen LogP contribution in [0.3, 0.4) is 0 Å². The van der Waals surface area contributed by atoms with Crippen LogP contribution in [0.4, 0.5) is 0 Å². The van der Waals surface area contributed by atoms with Gasteiger partial charge in [0, 0.05) is 5.56 Å². The number of aldehydes is 1. The topological polar surface area (TPSA) is 91.7 Å². The van der Waals surface area contributed by atoms with E-state index in [-0.39, 0.29) is 11.1 Å². The quantitative estimate of drug-likeness (QED) is 0.675. The Hall–Kier alpha value is -3.73. The molecule has 0 spiro atoms. The molecule has 5 heteroatoms. The van der Waals surface area contributed by atoms with Gasteiger partial charge >= 0.3 is 11.9 Å². The maximum absolute atomic E-state index is 11.3. The number of benzene rings is 3. The lowest BCUT2D eigenvalue weighted by Gasteiger charge is -2.09. The molecule has 0 radical (unpaired) electrons. The van der Waals surface area contributed by atoms with Crippen LogP contribution in [0, 0.1) is 0 Å². The lowest BCUT2D eigenvalue weighted by Crippen LogP contribution is -1.96. The first-order valence-corrected chi connectivity index (χ1v) is 7.75. The molecule has 3 aromatic carbocycles. The van der Waals surface area contributed by atoms with Crippen LogP contribution < -0.4 is 0 Å². The first-order valence-electron chi connectivity index (χ1n) is 7.75. The van der Waals surface area contributed by atoms with Crippen LogP contribution in [0.2, 0.25) is 0 Å². The Morgan fingerprint density at radius 1 is 0.615 bits per heavy atom. The van der Waals surface area contributed by atoms with Crippen LogP contribution in [0.25, 0.3) is 22.3 Å². The number of rotatable bonds is 5. The van der Waals surface area contributed by atoms with Crippen LogP contribution in [0.1, 0.15) is 31.1 Å². The zero-order valence-electron chi connectivity index (χ0n) is 13.5. The highest BCUT2D eigenvalue weighted by Gasteiger charge is 2.08. The Labute approximate surface area is 149 Å². The van der Waals surface area contributed by atoms with Crippen LogP contribution in [0.15, 0.2) is 66.7 Å². The molecule has 0 saturated carbocycles. The van der Waals surface area contributed by atoms with E-state index in [1.165, 1.54) is 24.3 Å². The van der Waals surface area contributed by atoms with Crippen LogP contribution in [0.5, 0.6) is 0 Å². The Morgan fingerprint density at radius 2 is 1.00 bits per heavy atom. The van der Waals surface area contributed by atoms with Crippen molar-refractivity contribution in [3.63, 3.8) is 0 Å². The van der Waals surface area contributed by atoms with Crippen molar-refractivity contribution in [2.24, 2.45) is 0 Å². The zero-order valence-corrected chi connectivity index (χ0v) is 13.5. The molecule has 5 nitrogen and oxygen atoms in total. The fourth-order valence-electron chi connectivity index (χ4n) is 2.66. The molecule has 0 amide bonds. The average molecular weight is 346 g/mol. The molecule has 0 unspecified atom stereocenters. The van der Waals surface area contributed by atoms with E-state index in [1.807, 2.05) is 6.07 Å². The highest BCUT2D eigenvalue weighted by Crippen LogP contribution is 2.28. The molecule has 0 aliphatic carbocycles. The van der Waals surface area contributed by atoms with Crippen molar-refractivity contribution < 1.29 is 24.6 Å². The van der Waals surface area contributed by atoms with E-state index in [9.17, 15) is 14.4 Å². The molecule has 2 N–H and O–H groups in total. The number of carboxylic acid groups (broad SMARTS) is 2. The van der Waals surface area contributed by atoms with Crippen LogP contribution in [-0.4, -0.2) is 28.4 Å². The van der Waals surface area contributed by atoms with Crippen LogP contribution in [-0.2, 0) is 0 Å². The van der Waals surface area contributed by atoms with Gasteiger partial charge in [-0.25, -0.2) is 9.59 Å². The van der Waals surface area contributed by atoms with Gasteiger partial charge in [-0.2, -0.15) is 0 Å². The van der Waals surface area contributed by atoms with Crippen molar-refractivity contribution in [1.82, 2.24) is 0 Å². The Morgan fingerprint density at radius 3 is 1.31 bits per heavy atom. The summed E-state index contributed by atoms with van der Waals surface area (Å²) in [5, 5.41) is 18.0. The summed E-state index contributed by atoms with van der Waals surface area (Å²) >= 11 is 0. The summed E-state index contributed by atoms with van der Waals surface area (Å²) in [6.45, 7) is 0. The van der Waals surface area contributed by atoms with Gasteiger partial charge in [0.1, 0.15) is 6.29 Å². The normalized spacial score (nSPS) is 10.3. The molecule has 128 valence electrons. The molecule has 0 aliphatic rings. The third-order valence-electron chi connectivity index (χ3n) is 4.02. The summed E-state index contributed by atoms with van der Waals surface area (Å²) in [6.07, 6.45) is 0.740. The molecule has 0 aliphatic heterocycles. The van der Waals surface area contributed by atoms with Gasteiger partial charge < -0.3 is 10.2 Å². The van der Waals surface area contributed by atoms with Crippen molar-refractivity contribution in [3.8, 4) is 22.3 Å². The van der Waals surface area contributed by atoms with Gasteiger partial charge in [0.25, 0.3) is 0 Å². The molecule has 0 atom stereocenters. The summed E-state index contributed by atoms with van der Waals surface area (Å²) in [5.74, 6) is -2.00. The second-order valence-electron chi connectivity index (χ2n) is 5.73. The zero-order chi connectivity index (χ0) is 18.7. The van der Waals surface area contributed by atoms with Gasteiger partial charge in [-0.1, -0.05) is 24.3 Å². The molecule has 0 fully saturated rings. The lowest BCUT2D eigenvalue weighted by molar-refractivity contribution is 0.0686. The molecule has 3 rings (SSSR count). The van der Waals surface area contributed by atoms with Gasteiger partial charge in [-0.3, -0.25) is 4.79 Å². The van der Waals surface area contributed by atoms with E-state index in [2.05, 4.69) is 0 Å². The minimum Gasteiger partial charge on any atom is -0.478 e. The number of carbonyl (C=O) groups is 3. The molecular weight excluding hydrogens is 332 g/mol. The summed E-state index contributed by atoms with van der Waals surface area (Å²) in [5.41, 5.74) is 3.94. The van der Waals surface area contributed by atoms with Crippen molar-refractivity contribution >= 4 is 18.2 Å². The molecular formula is C21H14O5. The summed E-state index contributed by atoms with van der Waals surface area (Å²) in [6, 6.07) is 18.1. The standard InChI is InChI=1S/C21H14O5/c22-12-13-9-18(14-1-5-16(6-2-14)20(23)24)11-19(10-13)15-3-7-17(8-4-15)21(25)26/h1-12H,(H,23,24)(H,25,26). The third-order valence-corrected chi connectivity index (χ3v) is 4.02. The first-order chi connectivity index (χ1) is 12.5. The van der Waals surface area contributed by atoms with Crippen molar-refractivity contribution in [3.05, 3.63) is 83.4 Å². The van der Waals surface area contributed by atoms with E-state index in [1.54, 1.807) is 36.4 Å². The molecule has 0 bridgehead atoms. The molecule has 0 heterocycles. The van der Waals surface area contributed by atoms with Gasteiger partial charge in [-0.15, -0.1) is 0 Å². The average Bonchev–Trinajstić information content (AvgIpc) is 2.67. The van der Waals surface area contributed by atoms with Crippen molar-refractivity contribution in [2.75, 3.05) is 0 Å². The molecule has 0 saturated heterocycles. The van der Waals surface area contributed by atoms with Crippen molar-refractivity contribution in [2.45, 2.75) is 0 Å². The molecule has 26 heavy (non-hydrogen) atoms. The Kier molecular flexibility index (Phi) is 4.62. The first kappa shape index (κ1) is 17.1. The van der Waals surface area contributed by atoms with Gasteiger partial charge in [-0.05, 0) is 64.7 Å². The summed E-state index contributed by atoms with van der Waals surface area (Å²) < 4.78 is 0. The fraction of sp³-hybridized carbons (Fsp3) is 0. The van der Waals surface area contributed by atoms with E-state index >= 15 is 0 Å². The maximum atomic E-state index is 11.3. The second-order valence-corrected chi connectivity index (χ2v) is 5.73. The summed E-state index contributed by atoms with van der Waals surface area (Å²) in [7, 11) is 0. The predicted octanol–water partition coefficient (Wildman–Crippen LogP) is 4.23. The van der Waals surface area contributed by atoms with E-state index in [0.29, 0.717) is 5.56 Å². The number of carbonyl (C=O) groups excluding carboxylic acids is 1. The molecule has 3 aromatic rings. The second kappa shape index (κ2) is 7.03. The monoisotopic (exact) mass is 346 g/mol. The Balaban J connectivity index is 2.05. The van der Waals surface area contributed by atoms with Gasteiger partial charge in [0.05, 0.1) is 11.1 Å². The van der Waals surface area contributed by atoms with Crippen LogP contribution >= 0.6 is 0 Å². The smallest absolute Gasteiger partial charge is 0.335 e. The van der Waals surface area contributed by atoms with Crippen molar-refractivity contribution in [1.29, 1.82) is 0 Å². The minimum absolute atomic E-state index is 0.185. The number of hydrogen-bond donors (Lipinski definition) is 2. The predicted molar refractivity (Wildman–Crippen MR) is 96.6 cm³/mol. The maximum Gasteiger partial charge on any atom is 0.335 e. The number of aromatic carboxylic acids is 2. The van der Waals surface area contributed by atoms with E-state index in [4.69, 9.17) is 10.2 Å². The van der Waals surface area contributed by atoms with Gasteiger partial charge in [0.15, 0.2) is 0 Å².